The van der Waals surface area contributed by atoms with Crippen molar-refractivity contribution >= 4 is 84.1 Å². The number of halogens is 2. The first-order valence-corrected chi connectivity index (χ1v) is 18.1. The molecule has 0 aliphatic carbocycles. The molecule has 0 amide bonds. The smallest absolute Gasteiger partial charge is 0.162 e. The van der Waals surface area contributed by atoms with Gasteiger partial charge in [-0.2, -0.15) is 0 Å². The van der Waals surface area contributed by atoms with Crippen LogP contribution in [0.15, 0.2) is 57.2 Å². The first-order chi connectivity index (χ1) is 11.3. The summed E-state index contributed by atoms with van der Waals surface area (Å²) in [5, 5.41) is 0. The van der Waals surface area contributed by atoms with Gasteiger partial charge >= 0.3 is 34.5 Å². The number of thiazole rings is 2. The molecule has 0 saturated carbocycles. The van der Waals surface area contributed by atoms with E-state index in [1.807, 2.05) is 12.1 Å². The molecule has 0 spiro atoms. The summed E-state index contributed by atoms with van der Waals surface area (Å²) in [6, 6.07) is 16.5. The van der Waals surface area contributed by atoms with Gasteiger partial charge in [-0.25, -0.2) is 9.97 Å². The van der Waals surface area contributed by atoms with Gasteiger partial charge in [0.15, 0.2) is 8.68 Å². The Morgan fingerprint density at radius 2 is 1.13 bits per heavy atom. The molecule has 0 aliphatic rings. The molecular weight excluding hydrogens is 461 g/mol. The molecule has 4 aromatic rings. The van der Waals surface area contributed by atoms with Gasteiger partial charge in [0.05, 0.1) is 20.4 Å². The number of fused-ring (bicyclic) bond motifs is 2. The number of benzene rings is 2. The van der Waals surface area contributed by atoms with Crippen molar-refractivity contribution in [2.24, 2.45) is 0 Å². The minimum Gasteiger partial charge on any atom is -0.229 e. The van der Waals surface area contributed by atoms with Gasteiger partial charge in [0.2, 0.25) is 0 Å². The maximum Gasteiger partial charge on any atom is 0.162 e. The van der Waals surface area contributed by atoms with Crippen LogP contribution in [0.25, 0.3) is 20.4 Å². The molecule has 2 aromatic carbocycles. The summed E-state index contributed by atoms with van der Waals surface area (Å²) >= 11 is 2.53. The molecule has 2 aromatic heterocycles. The topological polar surface area (TPSA) is 25.8 Å². The third-order valence-electron chi connectivity index (χ3n) is 2.73. The number of nitrogens with zero attached hydrogens (tertiary/aromatic N) is 2. The fourth-order valence-electron chi connectivity index (χ4n) is 1.84. The molecule has 0 bridgehead atoms. The van der Waals surface area contributed by atoms with Gasteiger partial charge in [-0.15, -0.1) is 22.7 Å². The van der Waals surface area contributed by atoms with Crippen LogP contribution >= 0.6 is 63.6 Å². The van der Waals surface area contributed by atoms with E-state index >= 15 is 0 Å². The SMILES string of the molecule is [Cl][Zn][Cl].c1ccc2sc(SSc3nc4ccccc4s3)nc2c1. The molecule has 2 nitrogen and oxygen atoms in total. The van der Waals surface area contributed by atoms with Crippen LogP contribution in [-0.4, -0.2) is 9.97 Å². The van der Waals surface area contributed by atoms with Crippen LogP contribution in [0.2, 0.25) is 0 Å². The van der Waals surface area contributed by atoms with Crippen LogP contribution in [0.4, 0.5) is 0 Å². The van der Waals surface area contributed by atoms with E-state index in [1.54, 1.807) is 44.3 Å². The minimum absolute atomic E-state index is 0.931. The largest absolute Gasteiger partial charge is 0.229 e. The summed E-state index contributed by atoms with van der Waals surface area (Å²) in [6.45, 7) is 0. The van der Waals surface area contributed by atoms with E-state index in [1.165, 1.54) is 9.40 Å². The first kappa shape index (κ1) is 17.9. The molecule has 0 saturated heterocycles. The Bertz CT molecular complexity index is 772. The molecule has 4 rings (SSSR count). The van der Waals surface area contributed by atoms with Crippen LogP contribution in [0, 0.1) is 0 Å². The van der Waals surface area contributed by atoms with Crippen molar-refractivity contribution in [1.82, 2.24) is 9.97 Å². The normalized spacial score (nSPS) is 10.3. The van der Waals surface area contributed by atoms with Gasteiger partial charge in [-0.1, -0.05) is 24.3 Å². The number of aromatic nitrogens is 2. The van der Waals surface area contributed by atoms with Crippen molar-refractivity contribution < 1.29 is 15.1 Å². The minimum atomic E-state index is -0.931. The van der Waals surface area contributed by atoms with Crippen molar-refractivity contribution in [3.63, 3.8) is 0 Å². The molecular formula is C14H8Cl2N2S4Zn. The monoisotopic (exact) mass is 466 g/mol. The Kier molecular flexibility index (Phi) is 7.01. The van der Waals surface area contributed by atoms with E-state index in [2.05, 4.69) is 46.4 Å². The summed E-state index contributed by atoms with van der Waals surface area (Å²) < 4.78 is 4.63. The number of hydrogen-bond donors (Lipinski definition) is 0. The predicted octanol–water partition coefficient (Wildman–Crippen LogP) is 7.08. The first-order valence-electron chi connectivity index (χ1n) is 6.48. The molecule has 0 aliphatic heterocycles. The quantitative estimate of drug-likeness (QED) is 0.237. The average Bonchev–Trinajstić information content (AvgIpc) is 3.16. The van der Waals surface area contributed by atoms with Crippen LogP contribution in [-0.2, 0) is 15.1 Å². The van der Waals surface area contributed by atoms with Crippen LogP contribution in [0.5, 0.6) is 0 Å². The molecule has 114 valence electrons. The van der Waals surface area contributed by atoms with Crippen LogP contribution in [0.3, 0.4) is 0 Å². The summed E-state index contributed by atoms with van der Waals surface area (Å²) in [6.07, 6.45) is 0. The summed E-state index contributed by atoms with van der Waals surface area (Å²) in [5.74, 6) is 0. The van der Waals surface area contributed by atoms with Crippen LogP contribution < -0.4 is 0 Å². The van der Waals surface area contributed by atoms with Crippen molar-refractivity contribution in [2.45, 2.75) is 8.68 Å². The van der Waals surface area contributed by atoms with E-state index in [4.69, 9.17) is 19.4 Å². The van der Waals surface area contributed by atoms with Gasteiger partial charge in [-0.05, 0) is 45.9 Å². The fourth-order valence-corrected chi connectivity index (χ4v) is 6.34. The molecule has 0 atom stereocenters. The van der Waals surface area contributed by atoms with Gasteiger partial charge in [0.25, 0.3) is 0 Å². The van der Waals surface area contributed by atoms with E-state index in [9.17, 15) is 0 Å². The van der Waals surface area contributed by atoms with Gasteiger partial charge < -0.3 is 0 Å². The Labute approximate surface area is 165 Å². The summed E-state index contributed by atoms with van der Waals surface area (Å²) in [7, 11) is 13.3. The standard InChI is InChI=1S/C14H8N2S4.2ClH.Zn/c1-3-7-11-9(5-1)15-13(17-11)19-20-14-16-10-6-2-4-8-12(10)18-14;;;/h1-8H;2*1H;/q;;;+2/p-2. The van der Waals surface area contributed by atoms with Gasteiger partial charge in [0.1, 0.15) is 0 Å². The number of para-hydroxylation sites is 2. The van der Waals surface area contributed by atoms with E-state index in [0.29, 0.717) is 0 Å². The zero-order valence-electron chi connectivity index (χ0n) is 11.6. The van der Waals surface area contributed by atoms with Crippen molar-refractivity contribution in [1.29, 1.82) is 0 Å². The Morgan fingerprint density at radius 1 is 0.739 bits per heavy atom. The molecule has 0 unspecified atom stereocenters. The van der Waals surface area contributed by atoms with Gasteiger partial charge in [-0.3, -0.25) is 0 Å². The summed E-state index contributed by atoms with van der Waals surface area (Å²) in [4.78, 5) is 9.24. The second kappa shape index (κ2) is 9.00. The third-order valence-corrected chi connectivity index (χ3v) is 7.78. The number of rotatable bonds is 3. The van der Waals surface area contributed by atoms with E-state index in [0.717, 1.165) is 19.7 Å². The Balaban J connectivity index is 0.000000485. The van der Waals surface area contributed by atoms with E-state index in [-0.39, 0.29) is 0 Å². The van der Waals surface area contributed by atoms with Crippen LogP contribution in [0.1, 0.15) is 0 Å². The molecule has 0 fully saturated rings. The summed E-state index contributed by atoms with van der Waals surface area (Å²) in [5.41, 5.74) is 2.15. The van der Waals surface area contributed by atoms with Gasteiger partial charge in [0, 0.05) is 0 Å². The maximum atomic E-state index is 4.95. The Hall–Kier alpha value is 0.123. The fraction of sp³-hybridized carbons (Fsp3) is 0. The molecule has 0 radical (unpaired) electrons. The molecule has 9 heteroatoms. The second-order valence-corrected chi connectivity index (χ2v) is 13.5. The zero-order chi connectivity index (χ0) is 16.1. The van der Waals surface area contributed by atoms with E-state index < -0.39 is 15.1 Å². The Morgan fingerprint density at radius 3 is 1.52 bits per heavy atom. The van der Waals surface area contributed by atoms with Crippen molar-refractivity contribution in [3.8, 4) is 0 Å². The average molecular weight is 469 g/mol. The molecule has 0 N–H and O–H groups in total. The maximum absolute atomic E-state index is 4.95. The third kappa shape index (κ3) is 4.82. The molecule has 2 heterocycles. The zero-order valence-corrected chi connectivity index (χ0v) is 19.4. The second-order valence-electron chi connectivity index (χ2n) is 4.16. The van der Waals surface area contributed by atoms with Crippen molar-refractivity contribution in [3.05, 3.63) is 48.5 Å². The predicted molar refractivity (Wildman–Crippen MR) is 103 cm³/mol. The number of hydrogen-bond acceptors (Lipinski definition) is 6. The van der Waals surface area contributed by atoms with Crippen molar-refractivity contribution in [2.75, 3.05) is 0 Å². The molecule has 23 heavy (non-hydrogen) atoms.